The second-order valence-corrected chi connectivity index (χ2v) is 15.3. The van der Waals surface area contributed by atoms with E-state index in [1.54, 1.807) is 19.9 Å². The Morgan fingerprint density at radius 2 is 1.87 bits per heavy atom. The molecule has 0 spiro atoms. The lowest BCUT2D eigenvalue weighted by molar-refractivity contribution is -0.141. The SMILES string of the molecule is CCCCC(F)(F)CC[C@H](N)C(=O)N1C[C@H](OC(=O)N2Cc3cccc(F)c3C2)C[C@H]1C(=O)N[C@]1(C(=O)NS(=O)(=O)C2CC2)C[C@H]1C. The van der Waals surface area contributed by atoms with Crippen LogP contribution in [0.4, 0.5) is 18.0 Å². The fourth-order valence-corrected chi connectivity index (χ4v) is 7.69. The highest BCUT2D eigenvalue weighted by atomic mass is 32.2. The number of nitrogens with one attached hydrogen (secondary N) is 2. The highest BCUT2D eigenvalue weighted by Gasteiger charge is 2.61. The van der Waals surface area contributed by atoms with Crippen LogP contribution in [0.5, 0.6) is 0 Å². The number of likely N-dealkylation sites (tertiary alicyclic amines) is 1. The number of sulfonamides is 1. The van der Waals surface area contributed by atoms with Crippen LogP contribution in [0.25, 0.3) is 0 Å². The smallest absolute Gasteiger partial charge is 0.410 e. The van der Waals surface area contributed by atoms with Crippen LogP contribution in [0, 0.1) is 11.7 Å². The van der Waals surface area contributed by atoms with Gasteiger partial charge in [-0.05, 0) is 49.7 Å². The van der Waals surface area contributed by atoms with Gasteiger partial charge in [0.25, 0.3) is 5.91 Å². The molecule has 260 valence electrons. The van der Waals surface area contributed by atoms with Crippen molar-refractivity contribution in [2.75, 3.05) is 6.54 Å². The van der Waals surface area contributed by atoms with Gasteiger partial charge in [0, 0.05) is 31.4 Å². The Hall–Kier alpha value is -3.40. The van der Waals surface area contributed by atoms with Gasteiger partial charge in [-0.1, -0.05) is 32.4 Å². The zero-order valence-electron chi connectivity index (χ0n) is 26.5. The average Bonchev–Trinajstić information content (AvgIpc) is 3.88. The number of alkyl halides is 2. The molecule has 0 radical (unpaired) electrons. The van der Waals surface area contributed by atoms with E-state index < -0.39 is 86.9 Å². The van der Waals surface area contributed by atoms with E-state index in [0.717, 1.165) is 4.90 Å². The molecule has 2 aliphatic heterocycles. The van der Waals surface area contributed by atoms with E-state index in [-0.39, 0.29) is 45.3 Å². The molecule has 1 aromatic rings. The lowest BCUT2D eigenvalue weighted by atomic mass is 10.0. The molecule has 5 atom stereocenters. The van der Waals surface area contributed by atoms with Gasteiger partial charge in [0.1, 0.15) is 23.5 Å². The number of unbranched alkanes of at least 4 members (excludes halogenated alkanes) is 1. The Morgan fingerprint density at radius 1 is 1.17 bits per heavy atom. The Bertz CT molecular complexity index is 1520. The molecule has 0 unspecified atom stereocenters. The first-order valence-corrected chi connectivity index (χ1v) is 17.7. The highest BCUT2D eigenvalue weighted by molar-refractivity contribution is 7.91. The number of rotatable bonds is 13. The molecule has 1 saturated heterocycles. The number of nitrogens with two attached hydrogens (primary N) is 1. The number of carbonyl (C=O) groups is 4. The van der Waals surface area contributed by atoms with E-state index in [1.165, 1.54) is 17.0 Å². The Morgan fingerprint density at radius 3 is 2.49 bits per heavy atom. The lowest BCUT2D eigenvalue weighted by Crippen LogP contribution is -2.57. The van der Waals surface area contributed by atoms with Crippen molar-refractivity contribution in [3.05, 3.63) is 35.1 Å². The van der Waals surface area contributed by atoms with Crippen LogP contribution in [-0.4, -0.2) is 83.5 Å². The summed E-state index contributed by atoms with van der Waals surface area (Å²) in [5.41, 5.74) is 5.53. The van der Waals surface area contributed by atoms with Gasteiger partial charge in [-0.3, -0.25) is 24.0 Å². The quantitative estimate of drug-likeness (QED) is 0.285. The summed E-state index contributed by atoms with van der Waals surface area (Å²) in [4.78, 5) is 55.8. The molecule has 47 heavy (non-hydrogen) atoms. The number of fused-ring (bicyclic) bond motifs is 1. The van der Waals surface area contributed by atoms with Gasteiger partial charge < -0.3 is 20.7 Å². The summed E-state index contributed by atoms with van der Waals surface area (Å²) in [5, 5.41) is 1.96. The summed E-state index contributed by atoms with van der Waals surface area (Å²) < 4.78 is 75.6. The molecule has 2 aliphatic carbocycles. The van der Waals surface area contributed by atoms with Crippen molar-refractivity contribution in [2.24, 2.45) is 11.7 Å². The number of benzene rings is 1. The third-order valence-corrected chi connectivity index (χ3v) is 11.4. The standard InChI is InChI=1S/C31H42F3N5O7S/c1-3-4-11-30(33,34)12-10-24(35)27(41)39-16-20(46-29(43)38-15-19-6-5-7-23(32)22(19)17-38)13-25(39)26(40)36-31(14-18(31)2)28(42)37-47(44,45)21-8-9-21/h5-7,18,20-21,24-25H,3-4,8-17,35H2,1-2H3,(H,36,40)(H,37,42)/t18-,20-,24+,25+,31-/m1/s1. The topological polar surface area (TPSA) is 168 Å². The molecule has 4 amide bonds. The molecule has 2 saturated carbocycles. The van der Waals surface area contributed by atoms with Gasteiger partial charge in [-0.15, -0.1) is 0 Å². The molecule has 16 heteroatoms. The maximum absolute atomic E-state index is 14.4. The maximum Gasteiger partial charge on any atom is 0.410 e. The molecule has 1 aromatic carbocycles. The minimum absolute atomic E-state index is 0.0312. The summed E-state index contributed by atoms with van der Waals surface area (Å²) in [7, 11) is -3.90. The third kappa shape index (κ3) is 7.68. The first kappa shape index (κ1) is 34.9. The van der Waals surface area contributed by atoms with Crippen molar-refractivity contribution in [1.82, 2.24) is 19.8 Å². The maximum atomic E-state index is 14.4. The third-order valence-electron chi connectivity index (χ3n) is 9.59. The summed E-state index contributed by atoms with van der Waals surface area (Å²) in [5.74, 6) is -6.37. The predicted molar refractivity (Wildman–Crippen MR) is 162 cm³/mol. The van der Waals surface area contributed by atoms with Gasteiger partial charge in [0.15, 0.2) is 0 Å². The van der Waals surface area contributed by atoms with Crippen LogP contribution in [0.2, 0.25) is 0 Å². The van der Waals surface area contributed by atoms with Crippen LogP contribution < -0.4 is 15.8 Å². The van der Waals surface area contributed by atoms with Crippen molar-refractivity contribution in [3.63, 3.8) is 0 Å². The van der Waals surface area contributed by atoms with Crippen molar-refractivity contribution < 1.29 is 45.5 Å². The minimum atomic E-state index is -3.90. The van der Waals surface area contributed by atoms with Gasteiger partial charge in [0.05, 0.1) is 24.4 Å². The summed E-state index contributed by atoms with van der Waals surface area (Å²) in [6.07, 6.45) is -1.43. The molecule has 5 rings (SSSR count). The van der Waals surface area contributed by atoms with Crippen LogP contribution in [0.15, 0.2) is 18.2 Å². The Balaban J connectivity index is 1.29. The summed E-state index contributed by atoms with van der Waals surface area (Å²) in [6.45, 7) is 3.24. The molecule has 2 heterocycles. The molecule has 3 fully saturated rings. The number of amides is 4. The van der Waals surface area contributed by atoms with Crippen LogP contribution in [-0.2, 0) is 42.2 Å². The van der Waals surface area contributed by atoms with E-state index in [4.69, 9.17) is 10.5 Å². The fourth-order valence-electron chi connectivity index (χ4n) is 6.32. The molecule has 4 aliphatic rings. The minimum Gasteiger partial charge on any atom is -0.444 e. The average molecular weight is 686 g/mol. The van der Waals surface area contributed by atoms with E-state index in [9.17, 15) is 40.8 Å². The van der Waals surface area contributed by atoms with E-state index >= 15 is 0 Å². The van der Waals surface area contributed by atoms with E-state index in [1.807, 2.05) is 0 Å². The predicted octanol–water partition coefficient (Wildman–Crippen LogP) is 2.68. The number of halogens is 3. The molecular weight excluding hydrogens is 643 g/mol. The monoisotopic (exact) mass is 685 g/mol. The number of carbonyl (C=O) groups excluding carboxylic acids is 4. The number of hydrogen-bond donors (Lipinski definition) is 3. The second-order valence-electron chi connectivity index (χ2n) is 13.3. The van der Waals surface area contributed by atoms with Gasteiger partial charge in [-0.25, -0.2) is 26.4 Å². The fraction of sp³-hybridized carbons (Fsp3) is 0.677. The molecular formula is C31H42F3N5O7S. The Kier molecular flexibility index (Phi) is 9.84. The van der Waals surface area contributed by atoms with Crippen molar-refractivity contribution in [2.45, 2.75) is 120 Å². The van der Waals surface area contributed by atoms with Crippen LogP contribution >= 0.6 is 0 Å². The summed E-state index contributed by atoms with van der Waals surface area (Å²) >= 11 is 0. The molecule has 0 aromatic heterocycles. The van der Waals surface area contributed by atoms with Crippen LogP contribution in [0.3, 0.4) is 0 Å². The molecule has 12 nitrogen and oxygen atoms in total. The normalized spacial score (nSPS) is 26.0. The lowest BCUT2D eigenvalue weighted by Gasteiger charge is -2.28. The summed E-state index contributed by atoms with van der Waals surface area (Å²) in [6, 6.07) is 1.83. The van der Waals surface area contributed by atoms with E-state index in [0.29, 0.717) is 36.8 Å². The van der Waals surface area contributed by atoms with Crippen molar-refractivity contribution >= 4 is 33.8 Å². The van der Waals surface area contributed by atoms with Gasteiger partial charge >= 0.3 is 6.09 Å². The first-order valence-electron chi connectivity index (χ1n) is 16.1. The first-order chi connectivity index (χ1) is 22.1. The number of ether oxygens (including phenoxy) is 1. The zero-order valence-corrected chi connectivity index (χ0v) is 27.3. The van der Waals surface area contributed by atoms with Gasteiger partial charge in [0.2, 0.25) is 27.8 Å². The Labute approximate surface area is 272 Å². The van der Waals surface area contributed by atoms with Crippen molar-refractivity contribution in [1.29, 1.82) is 0 Å². The van der Waals surface area contributed by atoms with E-state index in [2.05, 4.69) is 10.0 Å². The highest BCUT2D eigenvalue weighted by Crippen LogP contribution is 2.44. The van der Waals surface area contributed by atoms with Crippen molar-refractivity contribution in [3.8, 4) is 0 Å². The number of hydrogen-bond acceptors (Lipinski definition) is 8. The molecule has 0 bridgehead atoms. The largest absolute Gasteiger partial charge is 0.444 e. The number of nitrogens with zero attached hydrogens (tertiary/aromatic N) is 2. The van der Waals surface area contributed by atoms with Gasteiger partial charge in [-0.2, -0.15) is 0 Å². The molecule has 4 N–H and O–H groups in total. The zero-order chi connectivity index (χ0) is 34.3. The second kappa shape index (κ2) is 13.2. The van der Waals surface area contributed by atoms with Crippen LogP contribution in [0.1, 0.15) is 82.8 Å².